The van der Waals surface area contributed by atoms with Crippen molar-refractivity contribution in [1.82, 2.24) is 5.32 Å². The molecule has 2 rings (SSSR count). The summed E-state index contributed by atoms with van der Waals surface area (Å²) in [5, 5.41) is 2.37. The van der Waals surface area contributed by atoms with Crippen LogP contribution in [0.2, 0.25) is 0 Å². The van der Waals surface area contributed by atoms with E-state index in [-0.39, 0.29) is 16.1 Å². The first-order chi connectivity index (χ1) is 11.1. The number of alkyl halides is 3. The fourth-order valence-corrected chi connectivity index (χ4v) is 3.01. The van der Waals surface area contributed by atoms with Crippen LogP contribution in [0.1, 0.15) is 15.9 Å². The third-order valence-electron chi connectivity index (χ3n) is 3.14. The number of carbonyl (C=O) groups excluding carboxylic acids is 1. The number of sulfonamides is 1. The van der Waals surface area contributed by atoms with Gasteiger partial charge in [0.05, 0.1) is 21.7 Å². The van der Waals surface area contributed by atoms with Crippen molar-refractivity contribution in [2.24, 2.45) is 0 Å². The maximum atomic E-state index is 12.5. The molecule has 0 saturated carbocycles. The highest BCUT2D eigenvalue weighted by molar-refractivity contribution is 7.92. The van der Waals surface area contributed by atoms with Gasteiger partial charge in [-0.1, -0.05) is 12.1 Å². The summed E-state index contributed by atoms with van der Waals surface area (Å²) >= 11 is 0. The largest absolute Gasteiger partial charge is 0.416 e. The second-order valence-electron chi connectivity index (χ2n) is 4.75. The Balaban J connectivity index is 2.34. The van der Waals surface area contributed by atoms with Crippen molar-refractivity contribution in [3.05, 3.63) is 59.7 Å². The summed E-state index contributed by atoms with van der Waals surface area (Å²) in [4.78, 5) is 11.4. The molecule has 0 atom stereocenters. The van der Waals surface area contributed by atoms with Gasteiger partial charge in [0, 0.05) is 7.05 Å². The fraction of sp³-hybridized carbons (Fsp3) is 0.133. The van der Waals surface area contributed by atoms with Gasteiger partial charge in [0.2, 0.25) is 0 Å². The van der Waals surface area contributed by atoms with Gasteiger partial charge < -0.3 is 5.32 Å². The van der Waals surface area contributed by atoms with Crippen molar-refractivity contribution in [1.29, 1.82) is 0 Å². The highest BCUT2D eigenvalue weighted by atomic mass is 32.2. The minimum Gasteiger partial charge on any atom is -0.355 e. The first-order valence-corrected chi connectivity index (χ1v) is 8.14. The van der Waals surface area contributed by atoms with E-state index in [0.29, 0.717) is 12.1 Å². The molecule has 0 aliphatic rings. The van der Waals surface area contributed by atoms with Crippen LogP contribution in [0, 0.1) is 0 Å². The quantitative estimate of drug-likeness (QED) is 0.883. The highest BCUT2D eigenvalue weighted by Crippen LogP contribution is 2.30. The Bertz CT molecular complexity index is 847. The first-order valence-electron chi connectivity index (χ1n) is 6.66. The number of nitrogens with one attached hydrogen (secondary N) is 2. The summed E-state index contributed by atoms with van der Waals surface area (Å²) in [7, 11) is -2.74. The van der Waals surface area contributed by atoms with E-state index in [1.807, 2.05) is 0 Å². The first kappa shape index (κ1) is 17.8. The summed E-state index contributed by atoms with van der Waals surface area (Å²) in [5.41, 5.74) is -0.834. The molecule has 0 aromatic heterocycles. The van der Waals surface area contributed by atoms with E-state index in [0.717, 1.165) is 12.1 Å². The SMILES string of the molecule is CNC(=O)c1ccccc1NS(=O)(=O)c1ccc(C(F)(F)F)cc1. The Morgan fingerprint density at radius 3 is 2.12 bits per heavy atom. The van der Waals surface area contributed by atoms with E-state index in [2.05, 4.69) is 10.0 Å². The van der Waals surface area contributed by atoms with Crippen molar-refractivity contribution in [3.8, 4) is 0 Å². The molecule has 0 heterocycles. The average Bonchev–Trinajstić information content (AvgIpc) is 2.53. The minimum atomic E-state index is -4.55. The smallest absolute Gasteiger partial charge is 0.355 e. The minimum absolute atomic E-state index is 0.0248. The Kier molecular flexibility index (Phi) is 4.83. The number of hydrogen-bond donors (Lipinski definition) is 2. The van der Waals surface area contributed by atoms with Crippen molar-refractivity contribution in [2.75, 3.05) is 11.8 Å². The van der Waals surface area contributed by atoms with Crippen LogP contribution in [0.25, 0.3) is 0 Å². The topological polar surface area (TPSA) is 75.3 Å². The van der Waals surface area contributed by atoms with Gasteiger partial charge in [-0.05, 0) is 36.4 Å². The lowest BCUT2D eigenvalue weighted by atomic mass is 10.2. The van der Waals surface area contributed by atoms with Gasteiger partial charge in [-0.15, -0.1) is 0 Å². The number of anilines is 1. The maximum Gasteiger partial charge on any atom is 0.416 e. The molecular formula is C15H13F3N2O3S. The molecule has 0 aliphatic carbocycles. The van der Waals surface area contributed by atoms with Crippen LogP contribution >= 0.6 is 0 Å². The summed E-state index contributed by atoms with van der Waals surface area (Å²) in [6.45, 7) is 0. The number of benzene rings is 2. The molecule has 1 amide bonds. The Morgan fingerprint density at radius 1 is 1.00 bits per heavy atom. The molecule has 0 aliphatic heterocycles. The van der Waals surface area contributed by atoms with Gasteiger partial charge in [-0.25, -0.2) is 8.42 Å². The molecule has 0 radical (unpaired) electrons. The van der Waals surface area contributed by atoms with E-state index in [1.54, 1.807) is 6.07 Å². The van der Waals surface area contributed by atoms with Gasteiger partial charge in [-0.3, -0.25) is 9.52 Å². The number of amides is 1. The zero-order valence-electron chi connectivity index (χ0n) is 12.4. The van der Waals surface area contributed by atoms with Crippen LogP contribution in [-0.4, -0.2) is 21.4 Å². The summed E-state index contributed by atoms with van der Waals surface area (Å²) in [6.07, 6.45) is -4.55. The standard InChI is InChI=1S/C15H13F3N2O3S/c1-19-14(21)12-4-2-3-5-13(12)20-24(22,23)11-8-6-10(7-9-11)15(16,17)18/h2-9,20H,1H3,(H,19,21). The predicted molar refractivity (Wildman–Crippen MR) is 82.1 cm³/mol. The van der Waals surface area contributed by atoms with E-state index in [9.17, 15) is 26.4 Å². The van der Waals surface area contributed by atoms with E-state index >= 15 is 0 Å². The van der Waals surface area contributed by atoms with E-state index in [1.165, 1.54) is 25.2 Å². The molecule has 0 spiro atoms. The third-order valence-corrected chi connectivity index (χ3v) is 4.52. The molecule has 0 saturated heterocycles. The Labute approximate surface area is 136 Å². The molecule has 0 fully saturated rings. The Hall–Kier alpha value is -2.55. The van der Waals surface area contributed by atoms with E-state index < -0.39 is 27.7 Å². The highest BCUT2D eigenvalue weighted by Gasteiger charge is 2.30. The lowest BCUT2D eigenvalue weighted by Crippen LogP contribution is -2.21. The van der Waals surface area contributed by atoms with Crippen LogP contribution in [0.4, 0.5) is 18.9 Å². The van der Waals surface area contributed by atoms with Crippen LogP contribution in [0.5, 0.6) is 0 Å². The molecular weight excluding hydrogens is 345 g/mol. The van der Waals surface area contributed by atoms with Crippen LogP contribution in [-0.2, 0) is 16.2 Å². The normalized spacial score (nSPS) is 11.8. The molecule has 9 heteroatoms. The number of rotatable bonds is 4. The van der Waals surface area contributed by atoms with Crippen LogP contribution in [0.15, 0.2) is 53.4 Å². The number of carbonyl (C=O) groups is 1. The average molecular weight is 358 g/mol. The lowest BCUT2D eigenvalue weighted by molar-refractivity contribution is -0.137. The molecule has 2 N–H and O–H groups in total. The zero-order chi connectivity index (χ0) is 18.0. The fourth-order valence-electron chi connectivity index (χ4n) is 1.93. The van der Waals surface area contributed by atoms with Crippen molar-refractivity contribution < 1.29 is 26.4 Å². The summed E-state index contributed by atoms with van der Waals surface area (Å²) < 4.78 is 64.4. The van der Waals surface area contributed by atoms with Crippen LogP contribution in [0.3, 0.4) is 0 Å². The summed E-state index contributed by atoms with van der Waals surface area (Å²) in [5.74, 6) is -0.499. The maximum absolute atomic E-state index is 12.5. The number of para-hydroxylation sites is 1. The van der Waals surface area contributed by atoms with Crippen molar-refractivity contribution >= 4 is 21.6 Å². The second-order valence-corrected chi connectivity index (χ2v) is 6.43. The summed E-state index contributed by atoms with van der Waals surface area (Å²) in [6, 6.07) is 8.95. The number of halogens is 3. The van der Waals surface area contributed by atoms with Gasteiger partial charge in [0.1, 0.15) is 0 Å². The van der Waals surface area contributed by atoms with Gasteiger partial charge in [0.25, 0.3) is 15.9 Å². The third kappa shape index (κ3) is 3.85. The zero-order valence-corrected chi connectivity index (χ0v) is 13.2. The monoisotopic (exact) mass is 358 g/mol. The molecule has 2 aromatic carbocycles. The molecule has 0 bridgehead atoms. The predicted octanol–water partition coefficient (Wildman–Crippen LogP) is 2.87. The molecule has 2 aromatic rings. The molecule has 24 heavy (non-hydrogen) atoms. The van der Waals surface area contributed by atoms with Gasteiger partial charge in [0.15, 0.2) is 0 Å². The lowest BCUT2D eigenvalue weighted by Gasteiger charge is -2.12. The van der Waals surface area contributed by atoms with Crippen LogP contribution < -0.4 is 10.0 Å². The van der Waals surface area contributed by atoms with Gasteiger partial charge >= 0.3 is 6.18 Å². The number of hydrogen-bond acceptors (Lipinski definition) is 3. The van der Waals surface area contributed by atoms with Crippen molar-refractivity contribution in [2.45, 2.75) is 11.1 Å². The second kappa shape index (κ2) is 6.52. The van der Waals surface area contributed by atoms with Crippen molar-refractivity contribution in [3.63, 3.8) is 0 Å². The molecule has 0 unspecified atom stereocenters. The molecule has 5 nitrogen and oxygen atoms in total. The van der Waals surface area contributed by atoms with E-state index in [4.69, 9.17) is 0 Å². The molecule has 128 valence electrons. The Morgan fingerprint density at radius 2 is 1.58 bits per heavy atom. The van der Waals surface area contributed by atoms with Gasteiger partial charge in [-0.2, -0.15) is 13.2 Å².